The van der Waals surface area contributed by atoms with Gasteiger partial charge < -0.3 is 5.21 Å². The number of benzene rings is 1. The quantitative estimate of drug-likeness (QED) is 0.612. The van der Waals surface area contributed by atoms with Crippen LogP contribution < -0.4 is 10.4 Å². The summed E-state index contributed by atoms with van der Waals surface area (Å²) in [5.41, 5.74) is 6.84. The van der Waals surface area contributed by atoms with Crippen LogP contribution in [0.15, 0.2) is 24.3 Å². The van der Waals surface area contributed by atoms with Gasteiger partial charge in [-0.05, 0) is 19.2 Å². The van der Waals surface area contributed by atoms with Crippen LogP contribution in [0.3, 0.4) is 0 Å². The van der Waals surface area contributed by atoms with Gasteiger partial charge in [0.15, 0.2) is 0 Å². The third kappa shape index (κ3) is 1.57. The first-order chi connectivity index (χ1) is 8.11. The highest BCUT2D eigenvalue weighted by Crippen LogP contribution is 2.35. The SMILES string of the molecule is CN1CC[N+]([O-])(c2nc3ccccc3s2)C1N. The normalized spacial score (nSPS) is 30.2. The van der Waals surface area contributed by atoms with Crippen LogP contribution in [0.5, 0.6) is 0 Å². The molecule has 6 heteroatoms. The van der Waals surface area contributed by atoms with Crippen LogP contribution in [0.2, 0.25) is 0 Å². The Kier molecular flexibility index (Phi) is 2.42. The van der Waals surface area contributed by atoms with Crippen molar-refractivity contribution in [2.24, 2.45) is 5.73 Å². The lowest BCUT2D eigenvalue weighted by Gasteiger charge is -2.39. The number of nitrogens with zero attached hydrogens (tertiary/aromatic N) is 3. The second-order valence-electron chi connectivity index (χ2n) is 4.38. The second-order valence-corrected chi connectivity index (χ2v) is 5.39. The van der Waals surface area contributed by atoms with Gasteiger partial charge in [-0.1, -0.05) is 23.5 Å². The van der Waals surface area contributed by atoms with Crippen molar-refractivity contribution in [1.29, 1.82) is 0 Å². The molecule has 0 saturated carbocycles. The number of aromatic nitrogens is 1. The van der Waals surface area contributed by atoms with Gasteiger partial charge in [0.25, 0.3) is 5.13 Å². The molecule has 1 aromatic carbocycles. The van der Waals surface area contributed by atoms with Gasteiger partial charge in [-0.3, -0.25) is 10.4 Å². The molecule has 3 rings (SSSR count). The van der Waals surface area contributed by atoms with Gasteiger partial charge in [0, 0.05) is 0 Å². The van der Waals surface area contributed by atoms with E-state index in [2.05, 4.69) is 4.98 Å². The van der Waals surface area contributed by atoms with Crippen molar-refractivity contribution >= 4 is 26.7 Å². The molecule has 90 valence electrons. The van der Waals surface area contributed by atoms with Crippen LogP contribution in [-0.4, -0.2) is 36.3 Å². The van der Waals surface area contributed by atoms with Gasteiger partial charge in [0.1, 0.15) is 6.54 Å². The number of rotatable bonds is 1. The maximum absolute atomic E-state index is 12.7. The minimum atomic E-state index is -0.546. The summed E-state index contributed by atoms with van der Waals surface area (Å²) in [4.78, 5) is 6.30. The van der Waals surface area contributed by atoms with Crippen LogP contribution in [0.4, 0.5) is 5.13 Å². The fourth-order valence-corrected chi connectivity index (χ4v) is 3.18. The smallest absolute Gasteiger partial charge is 0.289 e. The Morgan fingerprint density at radius 3 is 2.94 bits per heavy atom. The van der Waals surface area contributed by atoms with E-state index in [0.717, 1.165) is 10.2 Å². The molecule has 2 aromatic rings. The van der Waals surface area contributed by atoms with Crippen LogP contribution in [0.1, 0.15) is 0 Å². The average molecular weight is 250 g/mol. The van der Waals surface area contributed by atoms with Crippen LogP contribution >= 0.6 is 11.3 Å². The minimum Gasteiger partial charge on any atom is -0.623 e. The average Bonchev–Trinajstić information content (AvgIpc) is 2.87. The van der Waals surface area contributed by atoms with Crippen molar-refractivity contribution in [2.45, 2.75) is 6.29 Å². The van der Waals surface area contributed by atoms with Gasteiger partial charge in [-0.15, -0.1) is 0 Å². The standard InChI is InChI=1S/C11H14N4OS/c1-14-6-7-15(16,10(14)12)11-13-8-4-2-3-5-9(8)17-11/h2-5,10H,6-7,12H2,1H3. The third-order valence-electron chi connectivity index (χ3n) is 3.27. The molecule has 1 fully saturated rings. The summed E-state index contributed by atoms with van der Waals surface area (Å²) in [6, 6.07) is 7.78. The van der Waals surface area contributed by atoms with Crippen molar-refractivity contribution in [3.63, 3.8) is 0 Å². The molecule has 0 amide bonds. The number of hydrogen-bond donors (Lipinski definition) is 1. The zero-order valence-electron chi connectivity index (χ0n) is 9.54. The molecule has 0 aliphatic carbocycles. The lowest BCUT2D eigenvalue weighted by molar-refractivity contribution is 0.214. The van der Waals surface area contributed by atoms with Gasteiger partial charge in [0.05, 0.1) is 16.8 Å². The zero-order valence-corrected chi connectivity index (χ0v) is 10.4. The molecule has 1 aliphatic rings. The van der Waals surface area contributed by atoms with Crippen molar-refractivity contribution in [2.75, 3.05) is 20.1 Å². The monoisotopic (exact) mass is 250 g/mol. The zero-order chi connectivity index (χ0) is 12.0. The Bertz CT molecular complexity index is 524. The maximum atomic E-state index is 12.7. The predicted molar refractivity (Wildman–Crippen MR) is 70.3 cm³/mol. The Morgan fingerprint density at radius 1 is 1.53 bits per heavy atom. The number of nitrogens with two attached hydrogens (primary N) is 1. The van der Waals surface area contributed by atoms with Crippen molar-refractivity contribution < 1.29 is 0 Å². The van der Waals surface area contributed by atoms with E-state index in [1.807, 2.05) is 36.2 Å². The summed E-state index contributed by atoms with van der Waals surface area (Å²) in [7, 11) is 1.87. The lowest BCUT2D eigenvalue weighted by atomic mass is 10.3. The Balaban J connectivity index is 2.09. The molecular weight excluding hydrogens is 236 g/mol. The molecule has 2 N–H and O–H groups in total. The van der Waals surface area contributed by atoms with Gasteiger partial charge >= 0.3 is 0 Å². The number of quaternary nitrogens is 1. The summed E-state index contributed by atoms with van der Waals surface area (Å²) in [5.74, 6) is 0. The fraction of sp³-hybridized carbons (Fsp3) is 0.364. The van der Waals surface area contributed by atoms with E-state index in [1.54, 1.807) is 0 Å². The largest absolute Gasteiger partial charge is 0.623 e. The number of hydrogen-bond acceptors (Lipinski definition) is 5. The molecule has 1 saturated heterocycles. The minimum absolute atomic E-state index is 0.470. The summed E-state index contributed by atoms with van der Waals surface area (Å²) >= 11 is 1.44. The molecule has 2 heterocycles. The predicted octanol–water partition coefficient (Wildman–Crippen LogP) is 1.29. The van der Waals surface area contributed by atoms with Gasteiger partial charge in [-0.2, -0.15) is 4.98 Å². The van der Waals surface area contributed by atoms with E-state index in [9.17, 15) is 5.21 Å². The molecule has 17 heavy (non-hydrogen) atoms. The van der Waals surface area contributed by atoms with Crippen molar-refractivity contribution in [1.82, 2.24) is 14.5 Å². The second kappa shape index (κ2) is 3.72. The number of likely N-dealkylation sites (N-methyl/N-ethyl adjacent to an activating group) is 1. The van der Waals surface area contributed by atoms with Crippen LogP contribution in [0.25, 0.3) is 10.2 Å². The molecular formula is C11H14N4OS. The molecule has 1 aromatic heterocycles. The van der Waals surface area contributed by atoms with Gasteiger partial charge in [0.2, 0.25) is 6.29 Å². The Morgan fingerprint density at radius 2 is 2.29 bits per heavy atom. The van der Waals surface area contributed by atoms with Crippen LogP contribution in [-0.2, 0) is 0 Å². The fourth-order valence-electron chi connectivity index (χ4n) is 2.12. The molecule has 2 unspecified atom stereocenters. The molecule has 0 bridgehead atoms. The number of hydroxylamine groups is 2. The summed E-state index contributed by atoms with van der Waals surface area (Å²) in [6.45, 7) is 1.18. The number of fused-ring (bicyclic) bond motifs is 1. The molecule has 0 spiro atoms. The van der Waals surface area contributed by atoms with Gasteiger partial charge in [-0.25, -0.2) is 4.90 Å². The molecule has 0 radical (unpaired) electrons. The highest BCUT2D eigenvalue weighted by molar-refractivity contribution is 7.22. The summed E-state index contributed by atoms with van der Waals surface area (Å²) in [6.07, 6.45) is -0.546. The number of thiazole rings is 1. The Hall–Kier alpha value is -1.05. The van der Waals surface area contributed by atoms with E-state index in [0.29, 0.717) is 18.2 Å². The first kappa shape index (κ1) is 11.1. The first-order valence-corrected chi connectivity index (χ1v) is 6.33. The van der Waals surface area contributed by atoms with E-state index in [1.165, 1.54) is 11.3 Å². The molecule has 2 atom stereocenters. The van der Waals surface area contributed by atoms with Crippen molar-refractivity contribution in [3.05, 3.63) is 29.5 Å². The van der Waals surface area contributed by atoms with E-state index in [-0.39, 0.29) is 0 Å². The van der Waals surface area contributed by atoms with E-state index >= 15 is 0 Å². The highest BCUT2D eigenvalue weighted by Gasteiger charge is 2.40. The number of para-hydroxylation sites is 1. The Labute approximate surface area is 103 Å². The van der Waals surface area contributed by atoms with Crippen molar-refractivity contribution in [3.8, 4) is 0 Å². The third-order valence-corrected chi connectivity index (χ3v) is 4.42. The first-order valence-electron chi connectivity index (χ1n) is 5.52. The summed E-state index contributed by atoms with van der Waals surface area (Å²) < 4.78 is 0.508. The van der Waals surface area contributed by atoms with E-state index < -0.39 is 10.9 Å². The summed E-state index contributed by atoms with van der Waals surface area (Å²) in [5, 5.41) is 13.3. The van der Waals surface area contributed by atoms with E-state index in [4.69, 9.17) is 5.73 Å². The molecule has 5 nitrogen and oxygen atoms in total. The maximum Gasteiger partial charge on any atom is 0.289 e. The topological polar surface area (TPSA) is 65.2 Å². The lowest BCUT2D eigenvalue weighted by Crippen LogP contribution is -2.56. The molecule has 1 aliphatic heterocycles. The highest BCUT2D eigenvalue weighted by atomic mass is 32.1. The van der Waals surface area contributed by atoms with Crippen LogP contribution in [0, 0.1) is 5.21 Å².